The monoisotopic (exact) mass is 282 g/mol. The number of nitrogens with one attached hydrogen (secondary N) is 1. The number of hydrogen-bond donors (Lipinski definition) is 1. The van der Waals surface area contributed by atoms with Crippen molar-refractivity contribution in [3.05, 3.63) is 0 Å². The highest BCUT2D eigenvalue weighted by Gasteiger charge is 2.45. The second-order valence-corrected chi connectivity index (χ2v) is 6.89. The predicted octanol–water partition coefficient (Wildman–Crippen LogP) is 3.19. The fraction of sp³-hybridized carbons (Fsp3) is 1.00. The smallest absolute Gasteiger partial charge is 0.0474 e. The number of nitrogens with zero attached hydrogens (tertiary/aromatic N) is 1. The van der Waals surface area contributed by atoms with Crippen molar-refractivity contribution in [3.63, 3.8) is 0 Å². The summed E-state index contributed by atoms with van der Waals surface area (Å²) in [7, 11) is 1.82. The summed E-state index contributed by atoms with van der Waals surface area (Å²) in [5.41, 5.74) is 0.787. The fourth-order valence-electron chi connectivity index (χ4n) is 4.20. The largest absolute Gasteiger partial charge is 0.385 e. The molecule has 3 heteroatoms. The van der Waals surface area contributed by atoms with E-state index in [2.05, 4.69) is 24.1 Å². The maximum Gasteiger partial charge on any atom is 0.0474 e. The van der Waals surface area contributed by atoms with E-state index in [-0.39, 0.29) is 0 Å². The van der Waals surface area contributed by atoms with E-state index in [9.17, 15) is 0 Å². The fourth-order valence-corrected chi connectivity index (χ4v) is 4.20. The molecule has 0 aromatic heterocycles. The number of hydrogen-bond acceptors (Lipinski definition) is 3. The Balaban J connectivity index is 2.07. The molecule has 1 heterocycles. The first-order valence-electron chi connectivity index (χ1n) is 8.69. The van der Waals surface area contributed by atoms with Crippen LogP contribution in [-0.2, 0) is 4.74 Å². The topological polar surface area (TPSA) is 24.5 Å². The lowest BCUT2D eigenvalue weighted by atomic mass is 9.75. The van der Waals surface area contributed by atoms with Crippen LogP contribution in [0.25, 0.3) is 0 Å². The van der Waals surface area contributed by atoms with E-state index in [4.69, 9.17) is 4.74 Å². The highest BCUT2D eigenvalue weighted by molar-refractivity contribution is 5.05. The Hall–Kier alpha value is -0.120. The van der Waals surface area contributed by atoms with Gasteiger partial charge >= 0.3 is 0 Å². The number of rotatable bonds is 6. The first-order chi connectivity index (χ1) is 9.70. The van der Waals surface area contributed by atoms with E-state index in [1.807, 2.05) is 7.11 Å². The molecule has 0 unspecified atom stereocenters. The highest BCUT2D eigenvalue weighted by Crippen LogP contribution is 2.38. The molecular weight excluding hydrogens is 248 g/mol. The van der Waals surface area contributed by atoms with Gasteiger partial charge in [-0.1, -0.05) is 33.1 Å². The van der Waals surface area contributed by atoms with Crippen molar-refractivity contribution in [1.29, 1.82) is 0 Å². The van der Waals surface area contributed by atoms with Crippen molar-refractivity contribution in [3.8, 4) is 0 Å². The van der Waals surface area contributed by atoms with Gasteiger partial charge in [-0.15, -0.1) is 0 Å². The average molecular weight is 282 g/mol. The lowest BCUT2D eigenvalue weighted by Gasteiger charge is -2.56. The summed E-state index contributed by atoms with van der Waals surface area (Å²) < 4.78 is 5.27. The molecule has 0 aromatic rings. The number of methoxy groups -OCH3 is 1. The first-order valence-corrected chi connectivity index (χ1v) is 8.69. The normalized spacial score (nSPS) is 25.9. The van der Waals surface area contributed by atoms with Gasteiger partial charge in [-0.25, -0.2) is 0 Å². The quantitative estimate of drug-likeness (QED) is 0.757. The van der Waals surface area contributed by atoms with E-state index in [0.717, 1.165) is 6.61 Å². The van der Waals surface area contributed by atoms with E-state index < -0.39 is 0 Å². The minimum absolute atomic E-state index is 0.343. The van der Waals surface area contributed by atoms with Gasteiger partial charge in [-0.3, -0.25) is 4.90 Å². The Kier molecular flexibility index (Phi) is 5.88. The molecule has 1 aliphatic heterocycles. The molecule has 0 aromatic carbocycles. The molecule has 20 heavy (non-hydrogen) atoms. The molecule has 1 saturated carbocycles. The maximum absolute atomic E-state index is 5.27. The van der Waals surface area contributed by atoms with Crippen LogP contribution in [0.15, 0.2) is 0 Å². The summed E-state index contributed by atoms with van der Waals surface area (Å²) in [5, 5.41) is 3.94. The van der Waals surface area contributed by atoms with Crippen LogP contribution in [0.5, 0.6) is 0 Å². The summed E-state index contributed by atoms with van der Waals surface area (Å²) in [6, 6.07) is 0. The van der Waals surface area contributed by atoms with E-state index >= 15 is 0 Å². The summed E-state index contributed by atoms with van der Waals surface area (Å²) in [5.74, 6) is 0. The van der Waals surface area contributed by atoms with Crippen molar-refractivity contribution in [2.24, 2.45) is 0 Å². The average Bonchev–Trinajstić information content (AvgIpc) is 2.51. The zero-order valence-electron chi connectivity index (χ0n) is 13.8. The van der Waals surface area contributed by atoms with Gasteiger partial charge in [0.15, 0.2) is 0 Å². The molecule has 2 rings (SSSR count). The number of ether oxygens (including phenoxy) is 1. The van der Waals surface area contributed by atoms with Gasteiger partial charge in [0.05, 0.1) is 0 Å². The lowest BCUT2D eigenvalue weighted by Crippen LogP contribution is -2.70. The van der Waals surface area contributed by atoms with Gasteiger partial charge in [0, 0.05) is 44.4 Å². The van der Waals surface area contributed by atoms with Gasteiger partial charge in [0.25, 0.3) is 0 Å². The van der Waals surface area contributed by atoms with Crippen LogP contribution in [0.4, 0.5) is 0 Å². The van der Waals surface area contributed by atoms with Crippen molar-refractivity contribution >= 4 is 0 Å². The summed E-state index contributed by atoms with van der Waals surface area (Å²) in [6.07, 6.45) is 10.7. The summed E-state index contributed by atoms with van der Waals surface area (Å²) in [4.78, 5) is 2.83. The summed E-state index contributed by atoms with van der Waals surface area (Å²) >= 11 is 0. The standard InChI is InChI=1S/C17H34N2O/c1-4-16(5-2)15-19(12-9-13-20-3)17(14-18-16)10-7-6-8-11-17/h18H,4-15H2,1-3H3. The Labute approximate surface area is 125 Å². The van der Waals surface area contributed by atoms with Gasteiger partial charge in [-0.05, 0) is 32.1 Å². The molecule has 2 fully saturated rings. The Bertz CT molecular complexity index is 283. The second kappa shape index (κ2) is 7.24. The zero-order chi connectivity index (χ0) is 14.5. The molecule has 0 bridgehead atoms. The zero-order valence-corrected chi connectivity index (χ0v) is 13.8. The molecule has 0 atom stereocenters. The molecule has 118 valence electrons. The van der Waals surface area contributed by atoms with Gasteiger partial charge in [-0.2, -0.15) is 0 Å². The van der Waals surface area contributed by atoms with Crippen molar-refractivity contribution < 1.29 is 4.74 Å². The highest BCUT2D eigenvalue weighted by atomic mass is 16.5. The molecule has 1 saturated heterocycles. The second-order valence-electron chi connectivity index (χ2n) is 6.89. The Morgan fingerprint density at radius 1 is 1.10 bits per heavy atom. The van der Waals surface area contributed by atoms with Crippen molar-refractivity contribution in [2.45, 2.75) is 76.3 Å². The third-order valence-corrected chi connectivity index (χ3v) is 5.87. The Morgan fingerprint density at radius 3 is 2.40 bits per heavy atom. The molecule has 0 amide bonds. The van der Waals surface area contributed by atoms with Crippen LogP contribution < -0.4 is 5.32 Å². The van der Waals surface area contributed by atoms with Crippen LogP contribution in [0.1, 0.15) is 65.2 Å². The minimum Gasteiger partial charge on any atom is -0.385 e. The van der Waals surface area contributed by atoms with Crippen LogP contribution in [0, 0.1) is 0 Å². The SMILES string of the molecule is CCC1(CC)CN(CCCOC)C2(CCCCC2)CN1. The third-order valence-electron chi connectivity index (χ3n) is 5.87. The van der Waals surface area contributed by atoms with E-state index in [1.165, 1.54) is 71.0 Å². The summed E-state index contributed by atoms with van der Waals surface area (Å²) in [6.45, 7) is 9.19. The van der Waals surface area contributed by atoms with Crippen LogP contribution in [-0.4, -0.2) is 49.3 Å². The van der Waals surface area contributed by atoms with E-state index in [0.29, 0.717) is 11.1 Å². The van der Waals surface area contributed by atoms with Crippen LogP contribution in [0.2, 0.25) is 0 Å². The van der Waals surface area contributed by atoms with E-state index in [1.54, 1.807) is 0 Å². The molecule has 2 aliphatic rings. The molecular formula is C17H34N2O. The Morgan fingerprint density at radius 2 is 1.80 bits per heavy atom. The first kappa shape index (κ1) is 16.3. The molecule has 1 N–H and O–H groups in total. The predicted molar refractivity (Wildman–Crippen MR) is 85.2 cm³/mol. The van der Waals surface area contributed by atoms with Gasteiger partial charge < -0.3 is 10.1 Å². The molecule has 3 nitrogen and oxygen atoms in total. The minimum atomic E-state index is 0.343. The third kappa shape index (κ3) is 3.37. The molecule has 0 radical (unpaired) electrons. The maximum atomic E-state index is 5.27. The van der Waals surface area contributed by atoms with Crippen LogP contribution in [0.3, 0.4) is 0 Å². The molecule has 1 spiro atoms. The lowest BCUT2D eigenvalue weighted by molar-refractivity contribution is -0.0253. The van der Waals surface area contributed by atoms with Crippen LogP contribution >= 0.6 is 0 Å². The number of piperazine rings is 1. The van der Waals surface area contributed by atoms with Crippen molar-refractivity contribution in [2.75, 3.05) is 33.4 Å². The molecule has 1 aliphatic carbocycles. The van der Waals surface area contributed by atoms with Crippen molar-refractivity contribution in [1.82, 2.24) is 10.2 Å². The van der Waals surface area contributed by atoms with Gasteiger partial charge in [0.1, 0.15) is 0 Å². The van der Waals surface area contributed by atoms with Gasteiger partial charge in [0.2, 0.25) is 0 Å².